The van der Waals surface area contributed by atoms with Crippen molar-refractivity contribution in [3.8, 4) is 5.75 Å². The second kappa shape index (κ2) is 7.09. The first kappa shape index (κ1) is 15.4. The maximum atomic E-state index is 13.2. The minimum absolute atomic E-state index is 0.143. The van der Waals surface area contributed by atoms with Crippen molar-refractivity contribution in [2.45, 2.75) is 26.8 Å². The van der Waals surface area contributed by atoms with E-state index >= 15 is 0 Å². The van der Waals surface area contributed by atoms with Crippen LogP contribution in [0.2, 0.25) is 0 Å². The number of nitrogens with two attached hydrogens (primary N) is 1. The molecule has 0 heterocycles. The summed E-state index contributed by atoms with van der Waals surface area (Å²) >= 11 is 0. The zero-order chi connectivity index (χ0) is 14.4. The Morgan fingerprint density at radius 1 is 1.42 bits per heavy atom. The van der Waals surface area contributed by atoms with E-state index in [2.05, 4.69) is 5.32 Å². The van der Waals surface area contributed by atoms with Gasteiger partial charge in [0.05, 0.1) is 0 Å². The average molecular weight is 268 g/mol. The Balaban J connectivity index is 2.61. The fraction of sp³-hybridized carbons (Fsp3) is 0.500. The Morgan fingerprint density at radius 2 is 2.11 bits per heavy atom. The van der Waals surface area contributed by atoms with Crippen LogP contribution in [0.1, 0.15) is 32.4 Å². The number of halogens is 1. The fourth-order valence-electron chi connectivity index (χ4n) is 1.52. The molecule has 0 radical (unpaired) electrons. The predicted molar refractivity (Wildman–Crippen MR) is 72.3 cm³/mol. The monoisotopic (exact) mass is 268 g/mol. The summed E-state index contributed by atoms with van der Waals surface area (Å²) in [5.41, 5.74) is 6.45. The van der Waals surface area contributed by atoms with Crippen LogP contribution >= 0.6 is 0 Å². The maximum absolute atomic E-state index is 13.2. The van der Waals surface area contributed by atoms with Gasteiger partial charge >= 0.3 is 0 Å². The van der Waals surface area contributed by atoms with Crippen LogP contribution in [0.5, 0.6) is 5.75 Å². The summed E-state index contributed by atoms with van der Waals surface area (Å²) in [7, 11) is 0. The van der Waals surface area contributed by atoms with Crippen molar-refractivity contribution in [2.75, 3.05) is 13.2 Å². The lowest BCUT2D eigenvalue weighted by Gasteiger charge is -2.14. The smallest absolute Gasteiger partial charge is 0.257 e. The van der Waals surface area contributed by atoms with Gasteiger partial charge in [0.15, 0.2) is 6.61 Å². The first-order valence-electron chi connectivity index (χ1n) is 6.34. The molecule has 0 aliphatic rings. The molecule has 0 aliphatic carbocycles. The lowest BCUT2D eigenvalue weighted by atomic mass is 10.1. The molecule has 1 atom stereocenters. The van der Waals surface area contributed by atoms with Gasteiger partial charge in [0.2, 0.25) is 0 Å². The number of carbonyl (C=O) groups is 1. The quantitative estimate of drug-likeness (QED) is 0.829. The topological polar surface area (TPSA) is 64.3 Å². The number of amides is 1. The van der Waals surface area contributed by atoms with Gasteiger partial charge in [-0.1, -0.05) is 19.9 Å². The van der Waals surface area contributed by atoms with Crippen LogP contribution < -0.4 is 15.8 Å². The molecule has 3 N–H and O–H groups in total. The third-order valence-electron chi connectivity index (χ3n) is 2.53. The van der Waals surface area contributed by atoms with Crippen molar-refractivity contribution in [1.82, 2.24) is 5.32 Å². The predicted octanol–water partition coefficient (Wildman–Crippen LogP) is 2.00. The molecule has 1 aromatic carbocycles. The molecule has 106 valence electrons. The lowest BCUT2D eigenvalue weighted by Crippen LogP contribution is -2.32. The second-order valence-electron chi connectivity index (χ2n) is 4.96. The largest absolute Gasteiger partial charge is 0.483 e. The Bertz CT molecular complexity index is 433. The van der Waals surface area contributed by atoms with E-state index in [4.69, 9.17) is 10.5 Å². The highest BCUT2D eigenvalue weighted by Gasteiger charge is 2.11. The van der Waals surface area contributed by atoms with Crippen molar-refractivity contribution >= 4 is 5.91 Å². The number of benzene rings is 1. The molecule has 4 nitrogen and oxygen atoms in total. The Kier molecular flexibility index (Phi) is 5.76. The van der Waals surface area contributed by atoms with E-state index in [1.165, 1.54) is 12.1 Å². The minimum Gasteiger partial charge on any atom is -0.483 e. The molecule has 1 aromatic rings. The van der Waals surface area contributed by atoms with Gasteiger partial charge in [-0.25, -0.2) is 4.39 Å². The summed E-state index contributed by atoms with van der Waals surface area (Å²) < 4.78 is 18.5. The molecule has 5 heteroatoms. The number of rotatable bonds is 6. The van der Waals surface area contributed by atoms with E-state index in [0.717, 1.165) is 0 Å². The summed E-state index contributed by atoms with van der Waals surface area (Å²) in [5.74, 6) is 0.0445. The summed E-state index contributed by atoms with van der Waals surface area (Å²) in [4.78, 5) is 11.5. The summed E-state index contributed by atoms with van der Waals surface area (Å²) in [6.07, 6.45) is 0. The number of ether oxygens (including phenoxy) is 1. The fourth-order valence-corrected chi connectivity index (χ4v) is 1.52. The summed E-state index contributed by atoms with van der Waals surface area (Å²) in [5, 5.41) is 2.73. The van der Waals surface area contributed by atoms with Crippen LogP contribution in [0.4, 0.5) is 4.39 Å². The molecule has 1 amide bonds. The number of nitrogens with one attached hydrogen (secondary N) is 1. The third kappa shape index (κ3) is 5.26. The molecule has 1 rings (SSSR count). The van der Waals surface area contributed by atoms with Crippen LogP contribution in [-0.4, -0.2) is 19.1 Å². The van der Waals surface area contributed by atoms with Crippen molar-refractivity contribution in [3.05, 3.63) is 29.6 Å². The minimum atomic E-state index is -0.415. The zero-order valence-corrected chi connectivity index (χ0v) is 11.6. The third-order valence-corrected chi connectivity index (χ3v) is 2.53. The van der Waals surface area contributed by atoms with Crippen LogP contribution in [0.15, 0.2) is 18.2 Å². The number of hydrogen-bond acceptors (Lipinski definition) is 3. The maximum Gasteiger partial charge on any atom is 0.257 e. The van der Waals surface area contributed by atoms with Crippen molar-refractivity contribution < 1.29 is 13.9 Å². The molecule has 19 heavy (non-hydrogen) atoms. The van der Waals surface area contributed by atoms with E-state index in [-0.39, 0.29) is 18.6 Å². The van der Waals surface area contributed by atoms with E-state index in [9.17, 15) is 9.18 Å². The van der Waals surface area contributed by atoms with E-state index in [1.54, 1.807) is 13.0 Å². The van der Waals surface area contributed by atoms with E-state index < -0.39 is 5.82 Å². The molecule has 1 unspecified atom stereocenters. The van der Waals surface area contributed by atoms with Crippen LogP contribution in [0.3, 0.4) is 0 Å². The van der Waals surface area contributed by atoms with Gasteiger partial charge in [0.1, 0.15) is 11.6 Å². The standard InChI is InChI=1S/C14H21FN2O2/c1-9(2)7-17-14(18)8-19-13-6-11(15)4-5-12(13)10(3)16/h4-6,9-10H,7-8,16H2,1-3H3,(H,17,18). The molecule has 0 fully saturated rings. The Labute approximate surface area is 113 Å². The normalized spacial score (nSPS) is 12.3. The Hall–Kier alpha value is -1.62. The van der Waals surface area contributed by atoms with Crippen molar-refractivity contribution in [2.24, 2.45) is 11.7 Å². The second-order valence-corrected chi connectivity index (χ2v) is 4.96. The van der Waals surface area contributed by atoms with Crippen LogP contribution in [-0.2, 0) is 4.79 Å². The molecule has 0 saturated heterocycles. The highest BCUT2D eigenvalue weighted by atomic mass is 19.1. The van der Waals surface area contributed by atoms with E-state index in [0.29, 0.717) is 23.8 Å². The Morgan fingerprint density at radius 3 is 2.68 bits per heavy atom. The van der Waals surface area contributed by atoms with Gasteiger partial charge in [-0.2, -0.15) is 0 Å². The van der Waals surface area contributed by atoms with Crippen LogP contribution in [0.25, 0.3) is 0 Å². The van der Waals surface area contributed by atoms with Gasteiger partial charge in [-0.3, -0.25) is 4.79 Å². The van der Waals surface area contributed by atoms with Crippen molar-refractivity contribution in [1.29, 1.82) is 0 Å². The molecule has 0 aromatic heterocycles. The molecule has 0 bridgehead atoms. The summed E-state index contributed by atoms with van der Waals surface area (Å²) in [6, 6.07) is 3.86. The molecule has 0 aliphatic heterocycles. The van der Waals surface area contributed by atoms with Gasteiger partial charge in [-0.05, 0) is 18.9 Å². The van der Waals surface area contributed by atoms with Gasteiger partial charge in [-0.15, -0.1) is 0 Å². The summed E-state index contributed by atoms with van der Waals surface area (Å²) in [6.45, 7) is 6.23. The van der Waals surface area contributed by atoms with Crippen molar-refractivity contribution in [3.63, 3.8) is 0 Å². The molecule has 0 spiro atoms. The SMILES string of the molecule is CC(C)CNC(=O)COc1cc(F)ccc1C(C)N. The molecular formula is C14H21FN2O2. The number of hydrogen-bond donors (Lipinski definition) is 2. The number of carbonyl (C=O) groups excluding carboxylic acids is 1. The molecule has 0 saturated carbocycles. The van der Waals surface area contributed by atoms with E-state index in [1.807, 2.05) is 13.8 Å². The van der Waals surface area contributed by atoms with Gasteiger partial charge in [0, 0.05) is 24.2 Å². The first-order valence-corrected chi connectivity index (χ1v) is 6.34. The average Bonchev–Trinajstić information content (AvgIpc) is 2.33. The van der Waals surface area contributed by atoms with Gasteiger partial charge < -0.3 is 15.8 Å². The first-order chi connectivity index (χ1) is 8.90. The highest BCUT2D eigenvalue weighted by molar-refractivity contribution is 5.77. The van der Waals surface area contributed by atoms with Gasteiger partial charge in [0.25, 0.3) is 5.91 Å². The lowest BCUT2D eigenvalue weighted by molar-refractivity contribution is -0.123. The highest BCUT2D eigenvalue weighted by Crippen LogP contribution is 2.24. The van der Waals surface area contributed by atoms with Crippen LogP contribution in [0, 0.1) is 11.7 Å². The molecular weight excluding hydrogens is 247 g/mol. The zero-order valence-electron chi connectivity index (χ0n) is 11.6.